The zero-order chi connectivity index (χ0) is 20.3. The van der Waals surface area contributed by atoms with Crippen LogP contribution in [0.25, 0.3) is 11.0 Å². The number of ether oxygens (including phenoxy) is 1. The molecule has 0 aliphatic heterocycles. The first-order valence-corrected chi connectivity index (χ1v) is 9.78. The maximum atomic E-state index is 12.4. The number of imidazole rings is 1. The van der Waals surface area contributed by atoms with Crippen LogP contribution < -0.4 is 10.1 Å². The van der Waals surface area contributed by atoms with Gasteiger partial charge in [0.25, 0.3) is 0 Å². The van der Waals surface area contributed by atoms with E-state index in [9.17, 15) is 4.79 Å². The summed E-state index contributed by atoms with van der Waals surface area (Å²) in [5, 5.41) is 3.75. The third-order valence-electron chi connectivity index (χ3n) is 4.50. The minimum atomic E-state index is -0.456. The minimum absolute atomic E-state index is 0.00368. The number of benzene rings is 2. The van der Waals surface area contributed by atoms with Crippen molar-refractivity contribution in [1.82, 2.24) is 14.9 Å². The summed E-state index contributed by atoms with van der Waals surface area (Å²) < 4.78 is 7.97. The number of para-hydroxylation sites is 2. The van der Waals surface area contributed by atoms with Crippen LogP contribution in [0, 0.1) is 5.41 Å². The number of aromatic nitrogens is 2. The molecule has 1 atom stereocenters. The van der Waals surface area contributed by atoms with Crippen molar-refractivity contribution in [1.29, 1.82) is 0 Å². The summed E-state index contributed by atoms with van der Waals surface area (Å²) in [7, 11) is 0. The van der Waals surface area contributed by atoms with Gasteiger partial charge in [-0.3, -0.25) is 4.79 Å². The lowest BCUT2D eigenvalue weighted by molar-refractivity contribution is -0.129. The van der Waals surface area contributed by atoms with Gasteiger partial charge in [0.2, 0.25) is 5.91 Å². The second kappa shape index (κ2) is 8.23. The molecule has 0 saturated carbocycles. The lowest BCUT2D eigenvalue weighted by atomic mass is 9.95. The van der Waals surface area contributed by atoms with Crippen LogP contribution in [0.3, 0.4) is 0 Å². The maximum absolute atomic E-state index is 12.4. The van der Waals surface area contributed by atoms with Crippen LogP contribution in [0.2, 0.25) is 5.02 Å². The van der Waals surface area contributed by atoms with Gasteiger partial charge in [-0.15, -0.1) is 0 Å². The predicted molar refractivity (Wildman–Crippen MR) is 113 cm³/mol. The predicted octanol–water partition coefficient (Wildman–Crippen LogP) is 4.99. The van der Waals surface area contributed by atoms with Crippen LogP contribution in [0.1, 0.15) is 39.6 Å². The number of nitrogens with one attached hydrogen (secondary N) is 1. The topological polar surface area (TPSA) is 56.2 Å². The van der Waals surface area contributed by atoms with Gasteiger partial charge in [-0.25, -0.2) is 4.98 Å². The van der Waals surface area contributed by atoms with Gasteiger partial charge in [0, 0.05) is 10.4 Å². The van der Waals surface area contributed by atoms with E-state index in [1.165, 1.54) is 0 Å². The van der Waals surface area contributed by atoms with Crippen molar-refractivity contribution >= 4 is 28.5 Å². The SMILES string of the molecule is CC(NC(=O)C(C)(C)C)c1nc2ccccc2n1CCOc1ccc(Cl)cc1. The molecule has 0 radical (unpaired) electrons. The van der Waals surface area contributed by atoms with Gasteiger partial charge < -0.3 is 14.6 Å². The van der Waals surface area contributed by atoms with Crippen molar-refractivity contribution in [2.45, 2.75) is 40.3 Å². The van der Waals surface area contributed by atoms with Crippen LogP contribution in [0.5, 0.6) is 5.75 Å². The van der Waals surface area contributed by atoms with Crippen LogP contribution >= 0.6 is 11.6 Å². The maximum Gasteiger partial charge on any atom is 0.225 e. The average molecular weight is 400 g/mol. The Hall–Kier alpha value is -2.53. The van der Waals surface area contributed by atoms with E-state index in [-0.39, 0.29) is 11.9 Å². The van der Waals surface area contributed by atoms with Gasteiger partial charge >= 0.3 is 0 Å². The highest BCUT2D eigenvalue weighted by Gasteiger charge is 2.25. The van der Waals surface area contributed by atoms with Crippen molar-refractivity contribution in [3.05, 3.63) is 59.4 Å². The first-order valence-electron chi connectivity index (χ1n) is 9.40. The van der Waals surface area contributed by atoms with E-state index in [4.69, 9.17) is 21.3 Å². The second-order valence-electron chi connectivity index (χ2n) is 7.86. The quantitative estimate of drug-likeness (QED) is 0.635. The van der Waals surface area contributed by atoms with E-state index in [1.807, 2.05) is 64.1 Å². The first kappa shape index (κ1) is 20.2. The van der Waals surface area contributed by atoms with Crippen LogP contribution in [0.4, 0.5) is 0 Å². The average Bonchev–Trinajstić information content (AvgIpc) is 3.01. The Balaban J connectivity index is 1.80. The fourth-order valence-electron chi connectivity index (χ4n) is 2.92. The molecule has 148 valence electrons. The van der Waals surface area contributed by atoms with Gasteiger partial charge in [0.15, 0.2) is 0 Å². The number of carbonyl (C=O) groups excluding carboxylic acids is 1. The molecule has 3 rings (SSSR count). The van der Waals surface area contributed by atoms with E-state index >= 15 is 0 Å². The molecular weight excluding hydrogens is 374 g/mol. The van der Waals surface area contributed by atoms with E-state index < -0.39 is 5.41 Å². The molecule has 0 fully saturated rings. The molecule has 0 bridgehead atoms. The second-order valence-corrected chi connectivity index (χ2v) is 8.29. The zero-order valence-electron chi connectivity index (χ0n) is 16.7. The molecule has 6 heteroatoms. The summed E-state index contributed by atoms with van der Waals surface area (Å²) in [5.41, 5.74) is 1.47. The Morgan fingerprint density at radius 3 is 2.54 bits per heavy atom. The van der Waals surface area contributed by atoms with Crippen LogP contribution in [-0.2, 0) is 11.3 Å². The van der Waals surface area contributed by atoms with Gasteiger partial charge in [0.1, 0.15) is 18.2 Å². The highest BCUT2D eigenvalue weighted by Crippen LogP contribution is 2.23. The molecule has 0 aliphatic rings. The molecule has 1 N–H and O–H groups in total. The van der Waals surface area contributed by atoms with E-state index in [0.29, 0.717) is 18.2 Å². The van der Waals surface area contributed by atoms with Crippen molar-refractivity contribution in [2.24, 2.45) is 5.41 Å². The molecule has 1 aromatic heterocycles. The molecule has 3 aromatic rings. The summed E-state index contributed by atoms with van der Waals surface area (Å²) >= 11 is 5.92. The highest BCUT2D eigenvalue weighted by molar-refractivity contribution is 6.30. The molecule has 1 unspecified atom stereocenters. The Labute approximate surface area is 170 Å². The van der Waals surface area contributed by atoms with Crippen molar-refractivity contribution in [2.75, 3.05) is 6.61 Å². The monoisotopic (exact) mass is 399 g/mol. The van der Waals surface area contributed by atoms with Gasteiger partial charge in [-0.05, 0) is 43.3 Å². The molecule has 5 nitrogen and oxygen atoms in total. The van der Waals surface area contributed by atoms with E-state index in [0.717, 1.165) is 22.6 Å². The van der Waals surface area contributed by atoms with Crippen molar-refractivity contribution < 1.29 is 9.53 Å². The van der Waals surface area contributed by atoms with Crippen LogP contribution in [0.15, 0.2) is 48.5 Å². The number of hydrogen-bond acceptors (Lipinski definition) is 3. The highest BCUT2D eigenvalue weighted by atomic mass is 35.5. The summed E-state index contributed by atoms with van der Waals surface area (Å²) in [5.74, 6) is 1.58. The number of fused-ring (bicyclic) bond motifs is 1. The summed E-state index contributed by atoms with van der Waals surface area (Å²) in [6.45, 7) is 8.76. The number of nitrogens with zero attached hydrogens (tertiary/aromatic N) is 2. The third kappa shape index (κ3) is 4.65. The molecule has 0 spiro atoms. The van der Waals surface area contributed by atoms with Gasteiger partial charge in [-0.2, -0.15) is 0 Å². The Morgan fingerprint density at radius 1 is 1.18 bits per heavy atom. The summed E-state index contributed by atoms with van der Waals surface area (Å²) in [6.07, 6.45) is 0. The molecule has 0 saturated heterocycles. The molecular formula is C22H26ClN3O2. The third-order valence-corrected chi connectivity index (χ3v) is 4.75. The van der Waals surface area contributed by atoms with E-state index in [1.54, 1.807) is 12.1 Å². The molecule has 1 amide bonds. The largest absolute Gasteiger partial charge is 0.492 e. The van der Waals surface area contributed by atoms with E-state index in [2.05, 4.69) is 9.88 Å². The minimum Gasteiger partial charge on any atom is -0.492 e. The number of amides is 1. The van der Waals surface area contributed by atoms with Crippen LogP contribution in [-0.4, -0.2) is 22.1 Å². The number of carbonyl (C=O) groups is 1. The molecule has 0 aliphatic carbocycles. The zero-order valence-corrected chi connectivity index (χ0v) is 17.5. The Morgan fingerprint density at radius 2 is 1.86 bits per heavy atom. The summed E-state index contributed by atoms with van der Waals surface area (Å²) in [6, 6.07) is 15.1. The Kier molecular flexibility index (Phi) is 5.94. The fourth-order valence-corrected chi connectivity index (χ4v) is 3.05. The van der Waals surface area contributed by atoms with Crippen molar-refractivity contribution in [3.8, 4) is 5.75 Å². The molecule has 28 heavy (non-hydrogen) atoms. The lowest BCUT2D eigenvalue weighted by Crippen LogP contribution is -2.37. The number of hydrogen-bond donors (Lipinski definition) is 1. The fraction of sp³-hybridized carbons (Fsp3) is 0.364. The normalized spacial score (nSPS) is 12.8. The lowest BCUT2D eigenvalue weighted by Gasteiger charge is -2.22. The standard InChI is InChI=1S/C22H26ClN3O2/c1-15(24-21(27)22(2,3)4)20-25-18-7-5-6-8-19(18)26(20)13-14-28-17-11-9-16(23)10-12-17/h5-12,15H,13-14H2,1-4H3,(H,24,27). The Bertz CT molecular complexity index is 958. The van der Waals surface area contributed by atoms with Gasteiger partial charge in [-0.1, -0.05) is 44.5 Å². The van der Waals surface area contributed by atoms with Crippen molar-refractivity contribution in [3.63, 3.8) is 0 Å². The molecule has 1 heterocycles. The van der Waals surface area contributed by atoms with Gasteiger partial charge in [0.05, 0.1) is 23.6 Å². The summed E-state index contributed by atoms with van der Waals surface area (Å²) in [4.78, 5) is 17.2. The first-order chi connectivity index (χ1) is 13.3. The number of halogens is 1. The smallest absolute Gasteiger partial charge is 0.225 e. The number of rotatable bonds is 6. The molecule has 2 aromatic carbocycles.